The van der Waals surface area contributed by atoms with Crippen molar-refractivity contribution in [3.63, 3.8) is 0 Å². The van der Waals surface area contributed by atoms with Crippen molar-refractivity contribution in [2.24, 2.45) is 5.73 Å². The van der Waals surface area contributed by atoms with Gasteiger partial charge in [-0.2, -0.15) is 0 Å². The summed E-state index contributed by atoms with van der Waals surface area (Å²) >= 11 is 0. The van der Waals surface area contributed by atoms with Crippen molar-refractivity contribution < 1.29 is 0 Å². The third-order valence-electron chi connectivity index (χ3n) is 2.63. The van der Waals surface area contributed by atoms with E-state index in [0.29, 0.717) is 0 Å². The molecular formula is C19H21N. The van der Waals surface area contributed by atoms with E-state index in [1.54, 1.807) is 0 Å². The molecule has 1 nitrogen and oxygen atoms in total. The third kappa shape index (κ3) is 5.40. The van der Waals surface area contributed by atoms with Gasteiger partial charge in [0.25, 0.3) is 0 Å². The van der Waals surface area contributed by atoms with Gasteiger partial charge in [-0.25, -0.2) is 0 Å². The van der Waals surface area contributed by atoms with Gasteiger partial charge in [0.1, 0.15) is 0 Å². The van der Waals surface area contributed by atoms with Crippen molar-refractivity contribution in [3.05, 3.63) is 90.1 Å². The molecule has 0 aromatic heterocycles. The molecule has 0 heterocycles. The van der Waals surface area contributed by atoms with Gasteiger partial charge in [0.05, 0.1) is 0 Å². The van der Waals surface area contributed by atoms with E-state index in [1.807, 2.05) is 79.7 Å². The minimum atomic E-state index is 0.839. The molecule has 0 amide bonds. The van der Waals surface area contributed by atoms with Crippen LogP contribution >= 0.6 is 0 Å². The second-order valence-corrected chi connectivity index (χ2v) is 4.34. The van der Waals surface area contributed by atoms with Crippen LogP contribution in [-0.4, -0.2) is 0 Å². The lowest BCUT2D eigenvalue weighted by Gasteiger charge is -1.96. The van der Waals surface area contributed by atoms with E-state index in [9.17, 15) is 0 Å². The number of nitrogens with two attached hydrogens (primary N) is 1. The molecular weight excluding hydrogens is 242 g/mol. The smallest absolute Gasteiger partial charge is 0.00548 e. The Labute approximate surface area is 121 Å². The zero-order valence-corrected chi connectivity index (χ0v) is 11.9. The second-order valence-electron chi connectivity index (χ2n) is 4.34. The first kappa shape index (κ1) is 15.5. The highest BCUT2D eigenvalue weighted by Gasteiger charge is 1.89. The summed E-state index contributed by atoms with van der Waals surface area (Å²) in [5.74, 6) is 0. The summed E-state index contributed by atoms with van der Waals surface area (Å²) in [6, 6.07) is 18.0. The average Bonchev–Trinajstić information content (AvgIpc) is 2.48. The Bertz CT molecular complexity index is 549. The molecule has 0 aliphatic rings. The fraction of sp³-hybridized carbons (Fsp3) is 0.0526. The number of hydrogen-bond donors (Lipinski definition) is 1. The molecule has 0 aliphatic heterocycles. The highest BCUT2D eigenvalue weighted by molar-refractivity contribution is 5.63. The van der Waals surface area contributed by atoms with Crippen LogP contribution in [0.4, 0.5) is 0 Å². The van der Waals surface area contributed by atoms with Gasteiger partial charge in [-0.1, -0.05) is 79.9 Å². The molecule has 1 heteroatoms. The van der Waals surface area contributed by atoms with Crippen molar-refractivity contribution in [2.75, 3.05) is 0 Å². The van der Waals surface area contributed by atoms with Crippen molar-refractivity contribution in [3.8, 4) is 0 Å². The van der Waals surface area contributed by atoms with Gasteiger partial charge in [0.15, 0.2) is 0 Å². The largest absolute Gasteiger partial charge is 0.402 e. The van der Waals surface area contributed by atoms with Gasteiger partial charge >= 0.3 is 0 Å². The summed E-state index contributed by atoms with van der Waals surface area (Å²) in [7, 11) is 0. The van der Waals surface area contributed by atoms with Gasteiger partial charge in [-0.05, 0) is 29.7 Å². The fourth-order valence-electron chi connectivity index (χ4n) is 1.69. The molecule has 0 spiro atoms. The first-order valence-corrected chi connectivity index (χ1v) is 6.50. The number of allylic oxidation sites excluding steroid dienone is 1. The van der Waals surface area contributed by atoms with E-state index in [1.165, 1.54) is 0 Å². The molecule has 0 bridgehead atoms. The maximum absolute atomic E-state index is 5.49. The molecule has 0 saturated heterocycles. The van der Waals surface area contributed by atoms with E-state index in [0.717, 1.165) is 22.4 Å². The molecule has 0 atom stereocenters. The standard InChI is InChI=1S/C10H10.C9H11N/c1-3-9-7-5-6-8-10(9)4-2;1-8(10)7-9-5-3-2-4-6-9/h3-8H,1-2H2;2-7H,10H2,1H3. The van der Waals surface area contributed by atoms with Crippen molar-refractivity contribution >= 4 is 18.2 Å². The third-order valence-corrected chi connectivity index (χ3v) is 2.63. The van der Waals surface area contributed by atoms with Gasteiger partial charge in [0.2, 0.25) is 0 Å². The molecule has 0 fully saturated rings. The topological polar surface area (TPSA) is 26.0 Å². The van der Waals surface area contributed by atoms with Crippen LogP contribution in [0.3, 0.4) is 0 Å². The van der Waals surface area contributed by atoms with Gasteiger partial charge in [-0.3, -0.25) is 0 Å². The minimum absolute atomic E-state index is 0.839. The van der Waals surface area contributed by atoms with Crippen molar-refractivity contribution in [1.82, 2.24) is 0 Å². The maximum Gasteiger partial charge on any atom is 0.00548 e. The van der Waals surface area contributed by atoms with Crippen LogP contribution < -0.4 is 5.73 Å². The zero-order valence-electron chi connectivity index (χ0n) is 11.9. The Morgan fingerprint density at radius 1 is 0.850 bits per heavy atom. The Morgan fingerprint density at radius 2 is 1.30 bits per heavy atom. The van der Waals surface area contributed by atoms with Crippen LogP contribution in [0.1, 0.15) is 23.6 Å². The lowest BCUT2D eigenvalue weighted by molar-refractivity contribution is 1.34. The van der Waals surface area contributed by atoms with Crippen LogP contribution in [0.2, 0.25) is 0 Å². The lowest BCUT2D eigenvalue weighted by Crippen LogP contribution is -1.88. The lowest BCUT2D eigenvalue weighted by atomic mass is 10.1. The first-order chi connectivity index (χ1) is 9.67. The minimum Gasteiger partial charge on any atom is -0.402 e. The first-order valence-electron chi connectivity index (χ1n) is 6.50. The molecule has 2 rings (SSSR count). The summed E-state index contributed by atoms with van der Waals surface area (Å²) < 4.78 is 0. The monoisotopic (exact) mass is 263 g/mol. The van der Waals surface area contributed by atoms with E-state index in [2.05, 4.69) is 13.2 Å². The van der Waals surface area contributed by atoms with Crippen LogP contribution in [0.15, 0.2) is 73.5 Å². The summed E-state index contributed by atoms with van der Waals surface area (Å²) in [4.78, 5) is 0. The molecule has 0 radical (unpaired) electrons. The predicted octanol–water partition coefficient (Wildman–Crippen LogP) is 4.98. The van der Waals surface area contributed by atoms with Crippen LogP contribution in [0.5, 0.6) is 0 Å². The Morgan fingerprint density at radius 3 is 1.70 bits per heavy atom. The van der Waals surface area contributed by atoms with Gasteiger partial charge in [0, 0.05) is 5.70 Å². The fourth-order valence-corrected chi connectivity index (χ4v) is 1.69. The van der Waals surface area contributed by atoms with Gasteiger partial charge < -0.3 is 5.73 Å². The number of rotatable bonds is 3. The van der Waals surface area contributed by atoms with E-state index in [4.69, 9.17) is 5.73 Å². The quantitative estimate of drug-likeness (QED) is 0.830. The molecule has 0 saturated carbocycles. The average molecular weight is 263 g/mol. The summed E-state index contributed by atoms with van der Waals surface area (Å²) in [5, 5.41) is 0. The van der Waals surface area contributed by atoms with E-state index >= 15 is 0 Å². The predicted molar refractivity (Wildman–Crippen MR) is 90.9 cm³/mol. The summed E-state index contributed by atoms with van der Waals surface area (Å²) in [5.41, 5.74) is 9.75. The number of benzene rings is 2. The Balaban J connectivity index is 0.000000200. The molecule has 0 aliphatic carbocycles. The Kier molecular flexibility index (Phi) is 6.63. The van der Waals surface area contributed by atoms with Crippen LogP contribution in [-0.2, 0) is 0 Å². The SMILES string of the molecule is C=Cc1ccccc1C=C.CC(N)=Cc1ccccc1. The molecule has 2 aromatic carbocycles. The number of hydrogen-bond acceptors (Lipinski definition) is 1. The maximum atomic E-state index is 5.49. The molecule has 2 N–H and O–H groups in total. The second kappa shape index (κ2) is 8.54. The van der Waals surface area contributed by atoms with Crippen LogP contribution in [0, 0.1) is 0 Å². The normalized spacial score (nSPS) is 10.2. The summed E-state index contributed by atoms with van der Waals surface area (Å²) in [6.45, 7) is 9.27. The summed E-state index contributed by atoms with van der Waals surface area (Å²) in [6.07, 6.45) is 5.61. The highest BCUT2D eigenvalue weighted by atomic mass is 14.5. The molecule has 102 valence electrons. The molecule has 0 unspecified atom stereocenters. The van der Waals surface area contributed by atoms with Crippen molar-refractivity contribution in [2.45, 2.75) is 6.92 Å². The van der Waals surface area contributed by atoms with E-state index < -0.39 is 0 Å². The van der Waals surface area contributed by atoms with Crippen molar-refractivity contribution in [1.29, 1.82) is 0 Å². The van der Waals surface area contributed by atoms with E-state index in [-0.39, 0.29) is 0 Å². The zero-order chi connectivity index (χ0) is 14.8. The Hall–Kier alpha value is -2.54. The van der Waals surface area contributed by atoms with Gasteiger partial charge in [-0.15, -0.1) is 0 Å². The molecule has 20 heavy (non-hydrogen) atoms. The van der Waals surface area contributed by atoms with Crippen LogP contribution in [0.25, 0.3) is 18.2 Å². The molecule has 2 aromatic rings. The highest BCUT2D eigenvalue weighted by Crippen LogP contribution is 2.10.